The van der Waals surface area contributed by atoms with Gasteiger partial charge >= 0.3 is 0 Å². The molecule has 2 heterocycles. The predicted molar refractivity (Wildman–Crippen MR) is 163 cm³/mol. The van der Waals surface area contributed by atoms with Gasteiger partial charge in [-0.1, -0.05) is 90.4 Å². The van der Waals surface area contributed by atoms with Gasteiger partial charge in [-0.2, -0.15) is 4.98 Å². The van der Waals surface area contributed by atoms with Gasteiger partial charge in [-0.25, -0.2) is 9.97 Å². The zero-order chi connectivity index (χ0) is 30.3. The summed E-state index contributed by atoms with van der Waals surface area (Å²) in [5.41, 5.74) is 1.07. The molecule has 242 valence electrons. The molecule has 1 unspecified atom stereocenters. The molecule has 0 radical (unpaired) electrons. The van der Waals surface area contributed by atoms with Gasteiger partial charge in [-0.3, -0.25) is 0 Å². The van der Waals surface area contributed by atoms with Gasteiger partial charge in [-0.15, -0.1) is 0 Å². The lowest BCUT2D eigenvalue weighted by Crippen LogP contribution is -2.27. The molecular weight excluding hydrogens is 559 g/mol. The van der Waals surface area contributed by atoms with E-state index < -0.39 is 20.0 Å². The van der Waals surface area contributed by atoms with Gasteiger partial charge in [0.05, 0.1) is 39.3 Å². The van der Waals surface area contributed by atoms with E-state index in [4.69, 9.17) is 23.5 Å². The number of hydrogen-bond acceptors (Lipinski definition) is 10. The highest BCUT2D eigenvalue weighted by Crippen LogP contribution is 2.37. The van der Waals surface area contributed by atoms with E-state index in [0.717, 1.165) is 6.42 Å². The largest absolute Gasteiger partial charge is 0.777 e. The minimum absolute atomic E-state index is 0.0701. The molecule has 12 heteroatoms. The van der Waals surface area contributed by atoms with E-state index in [2.05, 4.69) is 21.9 Å². The van der Waals surface area contributed by atoms with Gasteiger partial charge in [-0.05, 0) is 12.8 Å². The number of imidazole rings is 1. The third kappa shape index (κ3) is 15.7. The van der Waals surface area contributed by atoms with E-state index in [1.807, 2.05) is 0 Å². The van der Waals surface area contributed by atoms with Crippen LogP contribution in [0.4, 0.5) is 0 Å². The van der Waals surface area contributed by atoms with Crippen molar-refractivity contribution in [2.24, 2.45) is 0 Å². The van der Waals surface area contributed by atoms with Gasteiger partial charge in [0, 0.05) is 20.3 Å². The van der Waals surface area contributed by atoms with Crippen LogP contribution in [-0.4, -0.2) is 72.6 Å². The van der Waals surface area contributed by atoms with Gasteiger partial charge in [0.2, 0.25) is 5.88 Å². The van der Waals surface area contributed by atoms with Crippen LogP contribution >= 0.6 is 7.60 Å². The van der Waals surface area contributed by atoms with Crippen molar-refractivity contribution in [3.8, 4) is 5.88 Å². The fourth-order valence-electron chi connectivity index (χ4n) is 4.80. The van der Waals surface area contributed by atoms with Crippen LogP contribution in [0.3, 0.4) is 0 Å². The third-order valence-corrected chi connectivity index (χ3v) is 8.19. The van der Waals surface area contributed by atoms with Crippen molar-refractivity contribution in [2.45, 2.75) is 116 Å². The lowest BCUT2D eigenvalue weighted by atomic mass is 10.0. The summed E-state index contributed by atoms with van der Waals surface area (Å²) in [6.07, 6.45) is 21.0. The van der Waals surface area contributed by atoms with Gasteiger partial charge in [0.25, 0.3) is 0 Å². The second-order valence-electron chi connectivity index (χ2n) is 10.8. The summed E-state index contributed by atoms with van der Waals surface area (Å²) in [5, 5.41) is 0. The standard InChI is InChI=1S/C30H55N4O7P/c1-4-5-6-7-8-9-10-11-12-13-14-15-16-17-19-39-20-18-21-41-42(35,36)26-40-27(23-37-2)22-34-25-33-28-29(34)31-24-32-30(28)38-3/h24-25,27H,4-23,26H2,1-3H3,(H,35,36)/p-1/t27-/m0/s1. The van der Waals surface area contributed by atoms with E-state index in [1.54, 1.807) is 10.9 Å². The van der Waals surface area contributed by atoms with Crippen LogP contribution in [0.5, 0.6) is 5.88 Å². The zero-order valence-corrected chi connectivity index (χ0v) is 27.1. The van der Waals surface area contributed by atoms with Gasteiger partial charge in [0.1, 0.15) is 12.7 Å². The van der Waals surface area contributed by atoms with Crippen molar-refractivity contribution in [3.05, 3.63) is 12.7 Å². The maximum Gasteiger partial charge on any atom is 0.245 e. The molecule has 42 heavy (non-hydrogen) atoms. The SMILES string of the molecule is CCCCCCCCCCCCCCCCOCCCOP(=O)([O-])CO[C@H](COC)Cn1cnc2c(OC)ncnc21. The van der Waals surface area contributed by atoms with Crippen LogP contribution in [-0.2, 0) is 29.8 Å². The minimum atomic E-state index is -4.17. The molecule has 0 amide bonds. The minimum Gasteiger partial charge on any atom is -0.777 e. The van der Waals surface area contributed by atoms with Crippen molar-refractivity contribution in [1.29, 1.82) is 0 Å². The molecule has 0 fully saturated rings. The molecule has 0 aliphatic rings. The van der Waals surface area contributed by atoms with E-state index >= 15 is 0 Å². The molecule has 0 spiro atoms. The number of rotatable bonds is 28. The van der Waals surface area contributed by atoms with E-state index in [1.165, 1.54) is 104 Å². The molecule has 0 saturated heterocycles. The first kappa shape index (κ1) is 36.6. The summed E-state index contributed by atoms with van der Waals surface area (Å²) in [4.78, 5) is 24.9. The highest BCUT2D eigenvalue weighted by atomic mass is 31.2. The van der Waals surface area contributed by atoms with Crippen LogP contribution in [0.1, 0.15) is 103 Å². The molecular formula is C30H54N4O7P-. The number of nitrogens with zero attached hydrogens (tertiary/aromatic N) is 4. The first-order valence-corrected chi connectivity index (χ1v) is 17.6. The Morgan fingerprint density at radius 2 is 1.45 bits per heavy atom. The van der Waals surface area contributed by atoms with Crippen LogP contribution in [0.15, 0.2) is 12.7 Å². The average molecular weight is 614 g/mol. The Balaban J connectivity index is 1.47. The predicted octanol–water partition coefficient (Wildman–Crippen LogP) is 6.28. The van der Waals surface area contributed by atoms with Crippen molar-refractivity contribution in [3.63, 3.8) is 0 Å². The number of ether oxygens (including phenoxy) is 4. The van der Waals surface area contributed by atoms with Crippen LogP contribution in [0.25, 0.3) is 11.2 Å². The van der Waals surface area contributed by atoms with Crippen LogP contribution < -0.4 is 9.63 Å². The summed E-state index contributed by atoms with van der Waals surface area (Å²) in [7, 11) is -1.13. The monoisotopic (exact) mass is 613 g/mol. The fraction of sp³-hybridized carbons (Fsp3) is 0.833. The quantitative estimate of drug-likeness (QED) is 0.0798. The summed E-state index contributed by atoms with van der Waals surface area (Å²) < 4.78 is 40.9. The Hall–Kier alpha value is -1.62. The molecule has 0 N–H and O–H groups in total. The maximum absolute atomic E-state index is 12.4. The van der Waals surface area contributed by atoms with Gasteiger partial charge in [0.15, 0.2) is 18.8 Å². The first-order chi connectivity index (χ1) is 20.5. The lowest BCUT2D eigenvalue weighted by Gasteiger charge is -2.26. The first-order valence-electron chi connectivity index (χ1n) is 15.8. The van der Waals surface area contributed by atoms with Crippen LogP contribution in [0.2, 0.25) is 0 Å². The molecule has 2 atom stereocenters. The molecule has 0 aliphatic heterocycles. The molecule has 2 aromatic heterocycles. The number of fused-ring (bicyclic) bond motifs is 1. The van der Waals surface area contributed by atoms with Crippen molar-refractivity contribution >= 4 is 18.8 Å². The van der Waals surface area contributed by atoms with Crippen molar-refractivity contribution < 1.29 is 32.9 Å². The van der Waals surface area contributed by atoms with E-state index in [0.29, 0.717) is 36.7 Å². The summed E-state index contributed by atoms with van der Waals surface area (Å²) in [6, 6.07) is 0. The second-order valence-corrected chi connectivity index (χ2v) is 12.6. The van der Waals surface area contributed by atoms with Crippen molar-refractivity contribution in [2.75, 3.05) is 47.0 Å². The van der Waals surface area contributed by atoms with Gasteiger partial charge < -0.3 is 37.5 Å². The normalized spacial score (nSPS) is 13.9. The summed E-state index contributed by atoms with van der Waals surface area (Å²) in [5.74, 6) is 0.365. The maximum atomic E-state index is 12.4. The van der Waals surface area contributed by atoms with Crippen molar-refractivity contribution in [1.82, 2.24) is 19.5 Å². The molecule has 11 nitrogen and oxygen atoms in total. The molecule has 0 bridgehead atoms. The molecule has 0 saturated carbocycles. The highest BCUT2D eigenvalue weighted by Gasteiger charge is 2.18. The molecule has 2 aromatic rings. The Bertz CT molecular complexity index is 994. The van der Waals surface area contributed by atoms with E-state index in [9.17, 15) is 9.46 Å². The topological polar surface area (TPSA) is 130 Å². The molecule has 2 rings (SSSR count). The lowest BCUT2D eigenvalue weighted by molar-refractivity contribution is -0.206. The Kier molecular flexibility index (Phi) is 19.9. The third-order valence-electron chi connectivity index (χ3n) is 7.15. The number of hydrogen-bond donors (Lipinski definition) is 0. The Morgan fingerprint density at radius 1 is 0.833 bits per heavy atom. The summed E-state index contributed by atoms with van der Waals surface area (Å²) in [6.45, 7) is 4.00. The number of methoxy groups -OCH3 is 2. The average Bonchev–Trinajstić information content (AvgIpc) is 3.40. The smallest absolute Gasteiger partial charge is 0.245 e. The Labute approximate surface area is 252 Å². The molecule has 0 aromatic carbocycles. The highest BCUT2D eigenvalue weighted by molar-refractivity contribution is 7.51. The second kappa shape index (κ2) is 22.9. The number of unbranched alkanes of at least 4 members (excludes halogenated alkanes) is 13. The zero-order valence-electron chi connectivity index (χ0n) is 26.2. The van der Waals surface area contributed by atoms with Crippen LogP contribution in [0, 0.1) is 0 Å². The number of aromatic nitrogens is 4. The van der Waals surface area contributed by atoms with E-state index in [-0.39, 0.29) is 19.8 Å². The fourth-order valence-corrected chi connectivity index (χ4v) is 5.68. The molecule has 0 aliphatic carbocycles. The summed E-state index contributed by atoms with van der Waals surface area (Å²) >= 11 is 0. The Morgan fingerprint density at radius 3 is 2.07 bits per heavy atom.